The Balaban J connectivity index is 1.15. The molecule has 3 heterocycles. The van der Waals surface area contributed by atoms with Crippen molar-refractivity contribution in [1.29, 1.82) is 0 Å². The third-order valence-corrected chi connectivity index (χ3v) is 11.5. The molecule has 13 heteroatoms. The van der Waals surface area contributed by atoms with Crippen molar-refractivity contribution in [2.75, 3.05) is 85.4 Å². The average molecular weight is 654 g/mol. The molecule has 4 fully saturated rings. The van der Waals surface area contributed by atoms with Crippen molar-refractivity contribution >= 4 is 22.0 Å². The predicted molar refractivity (Wildman–Crippen MR) is 167 cm³/mol. The number of ether oxygens (including phenoxy) is 1. The molecule has 1 saturated carbocycles. The zero-order chi connectivity index (χ0) is 32.1. The number of carbonyl (C=O) groups is 2. The van der Waals surface area contributed by atoms with Crippen LogP contribution in [0.3, 0.4) is 0 Å². The van der Waals surface area contributed by atoms with Gasteiger partial charge in [0.25, 0.3) is 0 Å². The molecule has 5 rings (SSSR count). The van der Waals surface area contributed by atoms with Crippen molar-refractivity contribution < 1.29 is 31.5 Å². The Morgan fingerprint density at radius 2 is 1.51 bits per heavy atom. The monoisotopic (exact) mass is 653 g/mol. The van der Waals surface area contributed by atoms with Gasteiger partial charge in [0, 0.05) is 71.0 Å². The Kier molecular flexibility index (Phi) is 11.4. The highest BCUT2D eigenvalue weighted by atomic mass is 32.2. The number of piperidine rings is 2. The van der Waals surface area contributed by atoms with Crippen LogP contribution in [0.25, 0.3) is 0 Å². The van der Waals surface area contributed by atoms with Gasteiger partial charge in [0.2, 0.25) is 15.9 Å². The van der Waals surface area contributed by atoms with Gasteiger partial charge in [-0.25, -0.2) is 26.3 Å². The molecule has 4 aliphatic rings. The molecule has 0 spiro atoms. The third-order valence-electron chi connectivity index (χ3n) is 10.2. The van der Waals surface area contributed by atoms with E-state index in [0.29, 0.717) is 70.1 Å². The molecular formula is C32H49F2N5O5S. The number of benzene rings is 1. The highest BCUT2D eigenvalue weighted by Gasteiger charge is 2.35. The maximum absolute atomic E-state index is 14.3. The molecule has 252 valence electrons. The maximum Gasteiger partial charge on any atom is 0.409 e. The van der Waals surface area contributed by atoms with Gasteiger partial charge in [-0.1, -0.05) is 0 Å². The van der Waals surface area contributed by atoms with Gasteiger partial charge >= 0.3 is 6.09 Å². The second kappa shape index (κ2) is 15.0. The first-order chi connectivity index (χ1) is 21.5. The van der Waals surface area contributed by atoms with Gasteiger partial charge in [-0.15, -0.1) is 0 Å². The maximum atomic E-state index is 14.3. The normalized spacial score (nSPS) is 22.4. The number of piperazine rings is 1. The van der Waals surface area contributed by atoms with Crippen molar-refractivity contribution in [3.05, 3.63) is 35.4 Å². The van der Waals surface area contributed by atoms with E-state index in [9.17, 15) is 26.8 Å². The van der Waals surface area contributed by atoms with E-state index in [1.807, 2.05) is 0 Å². The van der Waals surface area contributed by atoms with E-state index in [0.717, 1.165) is 51.5 Å². The smallest absolute Gasteiger partial charge is 0.409 e. The number of likely N-dealkylation sites (tertiary alicyclic amines) is 1. The van der Waals surface area contributed by atoms with E-state index in [-0.39, 0.29) is 29.9 Å². The summed E-state index contributed by atoms with van der Waals surface area (Å²) < 4.78 is 59.0. The second-order valence-electron chi connectivity index (χ2n) is 13.4. The van der Waals surface area contributed by atoms with Gasteiger partial charge in [-0.2, -0.15) is 0 Å². The third kappa shape index (κ3) is 9.36. The number of amides is 2. The average Bonchev–Trinajstić information content (AvgIpc) is 3.84. The number of nitrogens with zero attached hydrogens (tertiary/aromatic N) is 5. The fourth-order valence-electron chi connectivity index (χ4n) is 7.38. The Labute approximate surface area is 266 Å². The Bertz CT molecular complexity index is 1250. The fraction of sp³-hybridized carbons (Fsp3) is 0.750. The van der Waals surface area contributed by atoms with Gasteiger partial charge in [0.1, 0.15) is 11.6 Å². The van der Waals surface area contributed by atoms with Crippen LogP contribution in [0.15, 0.2) is 18.2 Å². The molecular weight excluding hydrogens is 604 g/mol. The van der Waals surface area contributed by atoms with E-state index in [2.05, 4.69) is 14.7 Å². The predicted octanol–water partition coefficient (Wildman–Crippen LogP) is 3.20. The number of carbonyl (C=O) groups excluding carboxylic acids is 2. The van der Waals surface area contributed by atoms with Crippen LogP contribution in [-0.2, 0) is 19.6 Å². The summed E-state index contributed by atoms with van der Waals surface area (Å²) in [4.78, 5) is 33.7. The first-order valence-corrected chi connectivity index (χ1v) is 18.3. The Morgan fingerprint density at radius 3 is 2.07 bits per heavy atom. The molecule has 3 aliphatic heterocycles. The highest BCUT2D eigenvalue weighted by Crippen LogP contribution is 2.37. The Hall–Kier alpha value is -2.35. The zero-order valence-corrected chi connectivity index (χ0v) is 27.5. The first-order valence-electron chi connectivity index (χ1n) is 16.5. The molecule has 1 atom stereocenters. The van der Waals surface area contributed by atoms with Crippen molar-refractivity contribution in [3.63, 3.8) is 0 Å². The molecule has 45 heavy (non-hydrogen) atoms. The van der Waals surface area contributed by atoms with Crippen molar-refractivity contribution in [1.82, 2.24) is 23.9 Å². The standard InChI is InChI=1S/C32H49F2N5O5S/c1-44-32(41)37-17-15-36(16-18-37)23-31(40)39(22-24-3-4-24)29-7-10-35(11-8-29)12-9-30(26-19-27(33)21-28(34)20-26)25-5-13-38(14-6-25)45(2,42)43/h19-21,24-25,29-30H,3-18,22-23H2,1-2H3/t30-/m1/s1. The summed E-state index contributed by atoms with van der Waals surface area (Å²) >= 11 is 0. The van der Waals surface area contributed by atoms with E-state index in [1.54, 1.807) is 4.90 Å². The lowest BCUT2D eigenvalue weighted by Gasteiger charge is -2.41. The van der Waals surface area contributed by atoms with Crippen LogP contribution < -0.4 is 0 Å². The Morgan fingerprint density at radius 1 is 0.889 bits per heavy atom. The minimum Gasteiger partial charge on any atom is -0.453 e. The van der Waals surface area contributed by atoms with Gasteiger partial charge < -0.3 is 19.4 Å². The number of hydrogen-bond acceptors (Lipinski definition) is 7. The van der Waals surface area contributed by atoms with Crippen LogP contribution in [0, 0.1) is 23.5 Å². The largest absolute Gasteiger partial charge is 0.453 e. The number of rotatable bonds is 11. The minimum atomic E-state index is -3.26. The lowest BCUT2D eigenvalue weighted by Crippen LogP contribution is -2.54. The number of methoxy groups -OCH3 is 1. The summed E-state index contributed by atoms with van der Waals surface area (Å²) in [6.45, 7) is 6.94. The van der Waals surface area contributed by atoms with Crippen LogP contribution in [0.2, 0.25) is 0 Å². The molecule has 1 aromatic rings. The van der Waals surface area contributed by atoms with Gasteiger partial charge in [0.05, 0.1) is 19.9 Å². The second-order valence-corrected chi connectivity index (χ2v) is 15.4. The molecule has 10 nitrogen and oxygen atoms in total. The summed E-state index contributed by atoms with van der Waals surface area (Å²) in [5, 5.41) is 0. The van der Waals surface area contributed by atoms with Gasteiger partial charge in [-0.3, -0.25) is 9.69 Å². The molecule has 1 aliphatic carbocycles. The van der Waals surface area contributed by atoms with E-state index in [4.69, 9.17) is 4.74 Å². The van der Waals surface area contributed by atoms with E-state index >= 15 is 0 Å². The summed E-state index contributed by atoms with van der Waals surface area (Å²) in [5.41, 5.74) is 0.647. The fourth-order valence-corrected chi connectivity index (χ4v) is 8.26. The van der Waals surface area contributed by atoms with Crippen LogP contribution in [-0.4, -0.2) is 136 Å². The van der Waals surface area contributed by atoms with Crippen molar-refractivity contribution in [2.45, 2.75) is 56.9 Å². The molecule has 0 aromatic heterocycles. The molecule has 3 saturated heterocycles. The summed E-state index contributed by atoms with van der Waals surface area (Å²) in [6, 6.07) is 3.95. The van der Waals surface area contributed by atoms with Crippen LogP contribution >= 0.6 is 0 Å². The first kappa shape index (κ1) is 34.0. The molecule has 1 aromatic carbocycles. The summed E-state index contributed by atoms with van der Waals surface area (Å²) in [6.07, 6.45) is 7.08. The van der Waals surface area contributed by atoms with Crippen LogP contribution in [0.5, 0.6) is 0 Å². The lowest BCUT2D eigenvalue weighted by molar-refractivity contribution is -0.136. The minimum absolute atomic E-state index is 0.0674. The number of halogens is 2. The highest BCUT2D eigenvalue weighted by molar-refractivity contribution is 7.88. The molecule has 2 amide bonds. The van der Waals surface area contributed by atoms with Gasteiger partial charge in [-0.05, 0) is 86.9 Å². The zero-order valence-electron chi connectivity index (χ0n) is 26.7. The van der Waals surface area contributed by atoms with Crippen LogP contribution in [0.1, 0.15) is 56.4 Å². The quantitative estimate of drug-likeness (QED) is 0.362. The van der Waals surface area contributed by atoms with E-state index in [1.165, 1.54) is 42.6 Å². The number of sulfonamides is 1. The molecule has 0 radical (unpaired) electrons. The molecule has 0 bridgehead atoms. The molecule has 0 N–H and O–H groups in total. The topological polar surface area (TPSA) is 93.7 Å². The summed E-state index contributed by atoms with van der Waals surface area (Å²) in [7, 11) is -1.88. The SMILES string of the molecule is COC(=O)N1CCN(CC(=O)N(CC2CC2)C2CCN(CC[C@@H](c3cc(F)cc(F)c3)C3CCN(S(C)(=O)=O)CC3)CC2)CC1. The van der Waals surface area contributed by atoms with Gasteiger partial charge in [0.15, 0.2) is 0 Å². The van der Waals surface area contributed by atoms with Crippen LogP contribution in [0.4, 0.5) is 13.6 Å². The van der Waals surface area contributed by atoms with E-state index < -0.39 is 21.7 Å². The van der Waals surface area contributed by atoms with Crippen molar-refractivity contribution in [3.8, 4) is 0 Å². The molecule has 0 unspecified atom stereocenters. The number of hydrogen-bond donors (Lipinski definition) is 0. The lowest BCUT2D eigenvalue weighted by atomic mass is 9.78. The summed E-state index contributed by atoms with van der Waals surface area (Å²) in [5.74, 6) is -0.347. The van der Waals surface area contributed by atoms with Crippen molar-refractivity contribution in [2.24, 2.45) is 11.8 Å².